The van der Waals surface area contributed by atoms with E-state index < -0.39 is 0 Å². The Morgan fingerprint density at radius 1 is 1.75 bits per heavy atom. The van der Waals surface area contributed by atoms with Crippen LogP contribution in [0.15, 0.2) is 12.3 Å². The maximum atomic E-state index is 4.99. The molecule has 0 aliphatic carbocycles. The second-order valence-electron chi connectivity index (χ2n) is 1.19. The Morgan fingerprint density at radius 2 is 2.62 bits per heavy atom. The molecule has 0 unspecified atom stereocenters. The Morgan fingerprint density at radius 3 is 3.00 bits per heavy atom. The minimum absolute atomic E-state index is 0.569. The minimum Gasteiger partial charge on any atom is -0.234 e. The summed E-state index contributed by atoms with van der Waals surface area (Å²) in [6, 6.07) is 1.65. The normalized spacial score (nSPS) is 7.88. The molecule has 0 saturated carbocycles. The third-order valence-corrected chi connectivity index (χ3v) is 0.683. The number of hydrogen-bond acceptors (Lipinski definition) is 2. The second kappa shape index (κ2) is 2.08. The minimum atomic E-state index is 0.569. The van der Waals surface area contributed by atoms with Gasteiger partial charge in [-0.2, -0.15) is 0 Å². The van der Waals surface area contributed by atoms with E-state index in [0.29, 0.717) is 5.69 Å². The van der Waals surface area contributed by atoms with Gasteiger partial charge in [-0.3, -0.25) is 0 Å². The van der Waals surface area contributed by atoms with Crippen LogP contribution in [-0.2, 0) is 0 Å². The highest BCUT2D eigenvalue weighted by molar-refractivity contribution is 5.20. The summed E-state index contributed by atoms with van der Waals surface area (Å²) in [5.41, 5.74) is 0.569. The smallest absolute Gasteiger partial charge is 0.198 e. The molecule has 0 N–H and O–H groups in total. The molecule has 0 bridgehead atoms. The van der Waals surface area contributed by atoms with E-state index in [-0.39, 0.29) is 0 Å². The highest BCUT2D eigenvalue weighted by Gasteiger charge is 1.79. The number of nitrogens with zero attached hydrogens (tertiary/aromatic N) is 2. The quantitative estimate of drug-likeness (QED) is 0.440. The second-order valence-corrected chi connectivity index (χ2v) is 1.19. The van der Waals surface area contributed by atoms with Crippen LogP contribution in [0.2, 0.25) is 0 Å². The molecule has 1 aromatic rings. The van der Waals surface area contributed by atoms with Gasteiger partial charge in [-0.15, -0.1) is 6.42 Å². The van der Waals surface area contributed by atoms with Crippen LogP contribution in [0.25, 0.3) is 0 Å². The molecule has 0 aliphatic rings. The lowest BCUT2D eigenvalue weighted by Crippen LogP contribution is -1.80. The van der Waals surface area contributed by atoms with Gasteiger partial charge in [0.15, 0.2) is 6.33 Å². The van der Waals surface area contributed by atoms with Crippen LogP contribution < -0.4 is 0 Å². The van der Waals surface area contributed by atoms with Crippen LogP contribution in [0, 0.1) is 18.7 Å². The number of rotatable bonds is 0. The lowest BCUT2D eigenvalue weighted by molar-refractivity contribution is 1.13. The van der Waals surface area contributed by atoms with Crippen molar-refractivity contribution in [3.8, 4) is 12.3 Å². The van der Waals surface area contributed by atoms with E-state index in [4.69, 9.17) is 6.42 Å². The van der Waals surface area contributed by atoms with Gasteiger partial charge in [0.25, 0.3) is 0 Å². The standard InChI is InChI=1S/C6H3N2/c1-2-6-3-4-7-5-8-6/h1,3-4H. The highest BCUT2D eigenvalue weighted by atomic mass is 14.8. The topological polar surface area (TPSA) is 25.8 Å². The fourth-order valence-electron chi connectivity index (χ4n) is 0.342. The zero-order valence-electron chi connectivity index (χ0n) is 4.13. The van der Waals surface area contributed by atoms with E-state index in [9.17, 15) is 0 Å². The average molecular weight is 103 g/mol. The highest BCUT2D eigenvalue weighted by Crippen LogP contribution is 1.82. The first kappa shape index (κ1) is 4.79. The molecule has 0 amide bonds. The van der Waals surface area contributed by atoms with Crippen LogP contribution in [0.3, 0.4) is 0 Å². The van der Waals surface area contributed by atoms with E-state index in [0.717, 1.165) is 0 Å². The van der Waals surface area contributed by atoms with Crippen LogP contribution >= 0.6 is 0 Å². The van der Waals surface area contributed by atoms with Crippen molar-refractivity contribution in [3.05, 3.63) is 24.3 Å². The Bertz CT molecular complexity index is 198. The predicted octanol–water partition coefficient (Wildman–Crippen LogP) is 0.258. The molecule has 0 saturated heterocycles. The van der Waals surface area contributed by atoms with Crippen molar-refractivity contribution in [3.63, 3.8) is 0 Å². The van der Waals surface area contributed by atoms with E-state index in [1.807, 2.05) is 0 Å². The van der Waals surface area contributed by atoms with Gasteiger partial charge >= 0.3 is 0 Å². The zero-order valence-corrected chi connectivity index (χ0v) is 4.13. The van der Waals surface area contributed by atoms with Crippen molar-refractivity contribution in [2.75, 3.05) is 0 Å². The fourth-order valence-corrected chi connectivity index (χ4v) is 0.342. The van der Waals surface area contributed by atoms with Crippen LogP contribution in [-0.4, -0.2) is 9.97 Å². The number of terminal acetylenes is 1. The summed E-state index contributed by atoms with van der Waals surface area (Å²) >= 11 is 0. The molecule has 1 rings (SSSR count). The van der Waals surface area contributed by atoms with Gasteiger partial charge in [0.2, 0.25) is 0 Å². The molecule has 2 heteroatoms. The van der Waals surface area contributed by atoms with Gasteiger partial charge in [-0.1, -0.05) is 5.92 Å². The summed E-state index contributed by atoms with van der Waals surface area (Å²) in [6.45, 7) is 0. The van der Waals surface area contributed by atoms with Gasteiger partial charge < -0.3 is 0 Å². The average Bonchev–Trinajstić information content (AvgIpc) is 1.90. The summed E-state index contributed by atoms with van der Waals surface area (Å²) in [4.78, 5) is 7.19. The number of aromatic nitrogens is 2. The van der Waals surface area contributed by atoms with Crippen LogP contribution in [0.4, 0.5) is 0 Å². The van der Waals surface area contributed by atoms with Gasteiger partial charge in [0.1, 0.15) is 5.69 Å². The molecule has 0 aromatic carbocycles. The largest absolute Gasteiger partial charge is 0.234 e. The Balaban J connectivity index is 3.05. The third kappa shape index (κ3) is 0.824. The molecule has 1 radical (unpaired) electrons. The summed E-state index contributed by atoms with van der Waals surface area (Å²) in [5, 5.41) is 0. The Hall–Kier alpha value is -1.36. The lowest BCUT2D eigenvalue weighted by Gasteiger charge is -1.80. The summed E-state index contributed by atoms with van der Waals surface area (Å²) < 4.78 is 0. The van der Waals surface area contributed by atoms with Crippen molar-refractivity contribution < 1.29 is 0 Å². The monoisotopic (exact) mass is 103 g/mol. The first-order valence-corrected chi connectivity index (χ1v) is 2.09. The Labute approximate surface area is 47.6 Å². The number of hydrogen-bond donors (Lipinski definition) is 0. The SMILES string of the molecule is C#Cc1ccn[c]n1. The van der Waals surface area contributed by atoms with E-state index in [2.05, 4.69) is 22.2 Å². The van der Waals surface area contributed by atoms with Crippen molar-refractivity contribution in [1.82, 2.24) is 9.97 Å². The molecule has 0 atom stereocenters. The van der Waals surface area contributed by atoms with Crippen molar-refractivity contribution in [1.29, 1.82) is 0 Å². The summed E-state index contributed by atoms with van der Waals surface area (Å²) in [5.74, 6) is 2.34. The maximum absolute atomic E-state index is 4.99. The molecule has 2 nitrogen and oxygen atoms in total. The molecule has 0 spiro atoms. The molecule has 1 aromatic heterocycles. The van der Waals surface area contributed by atoms with E-state index >= 15 is 0 Å². The van der Waals surface area contributed by atoms with Gasteiger partial charge in [0, 0.05) is 6.20 Å². The molecule has 37 valence electrons. The first-order chi connectivity index (χ1) is 3.93. The van der Waals surface area contributed by atoms with Crippen molar-refractivity contribution >= 4 is 0 Å². The predicted molar refractivity (Wildman–Crippen MR) is 28.8 cm³/mol. The first-order valence-electron chi connectivity index (χ1n) is 2.09. The summed E-state index contributed by atoms with van der Waals surface area (Å²) in [6.07, 6.45) is 8.92. The third-order valence-electron chi connectivity index (χ3n) is 0.683. The van der Waals surface area contributed by atoms with Crippen LogP contribution in [0.1, 0.15) is 5.69 Å². The molecular formula is C6H3N2. The molecule has 0 fully saturated rings. The fraction of sp³-hybridized carbons (Fsp3) is 0. The zero-order chi connectivity index (χ0) is 5.82. The summed E-state index contributed by atoms with van der Waals surface area (Å²) in [7, 11) is 0. The van der Waals surface area contributed by atoms with E-state index in [1.54, 1.807) is 12.3 Å². The van der Waals surface area contributed by atoms with Crippen molar-refractivity contribution in [2.24, 2.45) is 0 Å². The molecule has 1 heterocycles. The Kier molecular flexibility index (Phi) is 1.25. The maximum Gasteiger partial charge on any atom is 0.198 e. The van der Waals surface area contributed by atoms with Gasteiger partial charge in [-0.25, -0.2) is 9.97 Å². The van der Waals surface area contributed by atoms with Gasteiger partial charge in [-0.05, 0) is 6.07 Å². The molecule has 8 heavy (non-hydrogen) atoms. The van der Waals surface area contributed by atoms with Crippen LogP contribution in [0.5, 0.6) is 0 Å². The molecule has 0 aliphatic heterocycles. The van der Waals surface area contributed by atoms with Gasteiger partial charge in [0.05, 0.1) is 0 Å². The molecular weight excluding hydrogens is 100 g/mol. The lowest BCUT2D eigenvalue weighted by atomic mass is 10.4. The van der Waals surface area contributed by atoms with E-state index in [1.165, 1.54) is 0 Å². The van der Waals surface area contributed by atoms with Crippen molar-refractivity contribution in [2.45, 2.75) is 0 Å².